The lowest BCUT2D eigenvalue weighted by atomic mass is 9.93. The number of anilines is 1. The van der Waals surface area contributed by atoms with E-state index in [-0.39, 0.29) is 5.56 Å². The molecule has 6 nitrogen and oxygen atoms in total. The molecule has 3 aromatic carbocycles. The molecule has 5 rings (SSSR count). The van der Waals surface area contributed by atoms with E-state index in [2.05, 4.69) is 5.32 Å². The number of rotatable bonds is 8. The first-order valence-corrected chi connectivity index (χ1v) is 13.6. The van der Waals surface area contributed by atoms with Crippen molar-refractivity contribution in [3.63, 3.8) is 0 Å². The zero-order valence-corrected chi connectivity index (χ0v) is 23.0. The highest BCUT2D eigenvalue weighted by Gasteiger charge is 2.51. The molecule has 0 saturated heterocycles. The third-order valence-corrected chi connectivity index (χ3v) is 8.31. The van der Waals surface area contributed by atoms with Crippen molar-refractivity contribution in [1.82, 2.24) is 0 Å². The number of carbonyl (C=O) groups excluding carboxylic acids is 1. The molecule has 0 unspecified atom stereocenters. The van der Waals surface area contributed by atoms with Gasteiger partial charge in [0.1, 0.15) is 23.5 Å². The van der Waals surface area contributed by atoms with E-state index in [1.807, 2.05) is 42.5 Å². The second kappa shape index (κ2) is 10.9. The number of hydrogen-bond donors (Lipinski definition) is 2. The van der Waals surface area contributed by atoms with Crippen molar-refractivity contribution in [1.29, 1.82) is 0 Å². The number of ether oxygens (including phenoxy) is 2. The van der Waals surface area contributed by atoms with Crippen LogP contribution in [0.5, 0.6) is 5.75 Å². The molecule has 1 heterocycles. The van der Waals surface area contributed by atoms with Gasteiger partial charge in [-0.2, -0.15) is 0 Å². The van der Waals surface area contributed by atoms with Gasteiger partial charge in [0, 0.05) is 17.2 Å². The molecule has 2 N–H and O–H groups in total. The van der Waals surface area contributed by atoms with Gasteiger partial charge >= 0.3 is 12.1 Å². The van der Waals surface area contributed by atoms with Gasteiger partial charge in [-0.1, -0.05) is 48.0 Å². The summed E-state index contributed by atoms with van der Waals surface area (Å²) < 4.78 is 38.7. The van der Waals surface area contributed by atoms with E-state index in [0.29, 0.717) is 33.5 Å². The molecule has 206 valence electrons. The van der Waals surface area contributed by atoms with E-state index in [0.717, 1.165) is 34.4 Å². The Hall–Kier alpha value is -3.95. The Labute approximate surface area is 238 Å². The van der Waals surface area contributed by atoms with Crippen molar-refractivity contribution in [3.8, 4) is 27.3 Å². The van der Waals surface area contributed by atoms with Crippen LogP contribution in [0.3, 0.4) is 0 Å². The number of halogens is 3. The molecule has 1 atom stereocenters. The highest BCUT2D eigenvalue weighted by Crippen LogP contribution is 2.49. The lowest BCUT2D eigenvalue weighted by molar-refractivity contribution is -0.140. The zero-order chi connectivity index (χ0) is 28.6. The Bertz CT molecular complexity index is 1600. The van der Waals surface area contributed by atoms with Gasteiger partial charge in [-0.25, -0.2) is 13.6 Å². The average molecular weight is 584 g/mol. The summed E-state index contributed by atoms with van der Waals surface area (Å²) in [5.41, 5.74) is 2.85. The molecule has 4 aromatic rings. The largest absolute Gasteiger partial charge is 0.496 e. The minimum Gasteiger partial charge on any atom is -0.496 e. The van der Waals surface area contributed by atoms with Gasteiger partial charge in [-0.15, -0.1) is 11.3 Å². The maximum atomic E-state index is 14.1. The summed E-state index contributed by atoms with van der Waals surface area (Å²) in [4.78, 5) is 25.0. The van der Waals surface area contributed by atoms with Gasteiger partial charge < -0.3 is 14.6 Å². The normalized spacial score (nSPS) is 14.3. The van der Waals surface area contributed by atoms with Crippen LogP contribution in [-0.4, -0.2) is 24.3 Å². The van der Waals surface area contributed by atoms with Crippen LogP contribution >= 0.6 is 22.9 Å². The van der Waals surface area contributed by atoms with Gasteiger partial charge in [0.15, 0.2) is 0 Å². The van der Waals surface area contributed by atoms with E-state index >= 15 is 0 Å². The number of benzene rings is 3. The summed E-state index contributed by atoms with van der Waals surface area (Å²) in [5, 5.41) is 12.2. The first kappa shape index (κ1) is 27.6. The van der Waals surface area contributed by atoms with Gasteiger partial charge in [-0.3, -0.25) is 10.1 Å². The topological polar surface area (TPSA) is 84.9 Å². The highest BCUT2D eigenvalue weighted by molar-refractivity contribution is 7.20. The Morgan fingerprint density at radius 1 is 1.02 bits per heavy atom. The van der Waals surface area contributed by atoms with Crippen LogP contribution in [0.25, 0.3) is 21.6 Å². The van der Waals surface area contributed by atoms with Crippen LogP contribution in [-0.2, 0) is 14.9 Å². The number of thiophene rings is 1. The number of carbonyl (C=O) groups is 2. The molecule has 0 radical (unpaired) electrons. The van der Waals surface area contributed by atoms with Crippen molar-refractivity contribution in [2.45, 2.75) is 31.3 Å². The maximum Gasteiger partial charge on any atom is 0.412 e. The molecule has 1 aliphatic carbocycles. The Balaban J connectivity index is 1.36. The number of carboxylic acids is 1. The van der Waals surface area contributed by atoms with E-state index in [1.165, 1.54) is 24.3 Å². The van der Waals surface area contributed by atoms with Crippen LogP contribution in [0.15, 0.2) is 66.7 Å². The van der Waals surface area contributed by atoms with Crippen LogP contribution < -0.4 is 10.1 Å². The maximum absolute atomic E-state index is 14.1. The van der Waals surface area contributed by atoms with Gasteiger partial charge in [0.05, 0.1) is 27.4 Å². The van der Waals surface area contributed by atoms with Gasteiger partial charge in [0.2, 0.25) is 0 Å². The Kier molecular flexibility index (Phi) is 7.53. The molecule has 1 saturated carbocycles. The Morgan fingerprint density at radius 3 is 2.35 bits per heavy atom. The fourth-order valence-electron chi connectivity index (χ4n) is 4.65. The third kappa shape index (κ3) is 5.39. The smallest absolute Gasteiger partial charge is 0.412 e. The van der Waals surface area contributed by atoms with Crippen molar-refractivity contribution in [2.75, 3.05) is 12.4 Å². The average Bonchev–Trinajstić information content (AvgIpc) is 3.66. The zero-order valence-electron chi connectivity index (χ0n) is 21.5. The predicted octanol–water partition coefficient (Wildman–Crippen LogP) is 8.45. The molecule has 1 amide bonds. The van der Waals surface area contributed by atoms with Crippen LogP contribution in [0.1, 0.15) is 37.0 Å². The summed E-state index contributed by atoms with van der Waals surface area (Å²) in [7, 11) is 1.55. The molecule has 1 aliphatic rings. The second-order valence-corrected chi connectivity index (χ2v) is 11.2. The third-order valence-electron chi connectivity index (χ3n) is 6.99. The Morgan fingerprint density at radius 2 is 1.73 bits per heavy atom. The summed E-state index contributed by atoms with van der Waals surface area (Å²) in [6.45, 7) is 1.49. The van der Waals surface area contributed by atoms with E-state index < -0.39 is 35.2 Å². The number of amides is 1. The molecule has 1 fully saturated rings. The molecule has 0 bridgehead atoms. The minimum atomic E-state index is -0.964. The number of nitrogens with one attached hydrogen (secondary N) is 1. The van der Waals surface area contributed by atoms with Crippen molar-refractivity contribution in [2.24, 2.45) is 0 Å². The van der Waals surface area contributed by atoms with Crippen molar-refractivity contribution in [3.05, 3.63) is 93.8 Å². The number of methoxy groups -OCH3 is 1. The first-order valence-electron chi connectivity index (χ1n) is 12.4. The fraction of sp³-hybridized carbons (Fsp3) is 0.200. The minimum absolute atomic E-state index is 0.0451. The highest BCUT2D eigenvalue weighted by atomic mass is 35.5. The first-order chi connectivity index (χ1) is 19.1. The van der Waals surface area contributed by atoms with Crippen molar-refractivity contribution >= 4 is 40.7 Å². The van der Waals surface area contributed by atoms with E-state index in [1.54, 1.807) is 13.2 Å². The lowest BCUT2D eigenvalue weighted by Gasteiger charge is -2.16. The van der Waals surface area contributed by atoms with Crippen LogP contribution in [0.2, 0.25) is 4.34 Å². The van der Waals surface area contributed by atoms with Crippen LogP contribution in [0, 0.1) is 11.6 Å². The van der Waals surface area contributed by atoms with E-state index in [4.69, 9.17) is 21.1 Å². The van der Waals surface area contributed by atoms with Crippen molar-refractivity contribution < 1.29 is 33.0 Å². The molecule has 1 aromatic heterocycles. The summed E-state index contributed by atoms with van der Waals surface area (Å²) in [6, 6.07) is 17.6. The number of aliphatic carboxylic acids is 1. The fourth-order valence-corrected chi connectivity index (χ4v) is 5.83. The number of hydrogen-bond acceptors (Lipinski definition) is 5. The quantitative estimate of drug-likeness (QED) is 0.217. The molecular formula is C30H24ClF2NO5S. The lowest BCUT2D eigenvalue weighted by Crippen LogP contribution is -2.19. The summed E-state index contributed by atoms with van der Waals surface area (Å²) in [5.74, 6) is -1.76. The second-order valence-electron chi connectivity index (χ2n) is 9.51. The predicted molar refractivity (Wildman–Crippen MR) is 150 cm³/mol. The molecule has 10 heteroatoms. The summed E-state index contributed by atoms with van der Waals surface area (Å²) >= 11 is 7.53. The molecular weight excluding hydrogens is 560 g/mol. The van der Waals surface area contributed by atoms with Gasteiger partial charge in [-0.05, 0) is 60.7 Å². The SMILES string of the molecule is COc1cc(-c2sc(Cl)cc2NC(=O)O[C@H](C)c2ccc(F)cc2F)ccc1-c1ccc(C2(C(=O)O)CC2)cc1. The standard InChI is InChI=1S/C30H24ClF2NO5S/c1-16(21-10-8-20(32)14-23(21)33)39-29(37)34-24-15-26(31)40-27(24)18-5-9-22(25(13-18)38-2)17-3-6-19(7-4-17)30(11-12-30)28(35)36/h3-10,13-16H,11-12H2,1-2H3,(H,34,37)(H,35,36)/t16-/m1/s1. The van der Waals surface area contributed by atoms with E-state index in [9.17, 15) is 23.5 Å². The number of carboxylic acid groups (broad SMARTS) is 1. The monoisotopic (exact) mass is 583 g/mol. The molecule has 0 aliphatic heterocycles. The molecule has 40 heavy (non-hydrogen) atoms. The van der Waals surface area contributed by atoms with Crippen LogP contribution in [0.4, 0.5) is 19.3 Å². The molecule has 0 spiro atoms. The van der Waals surface area contributed by atoms with Gasteiger partial charge in [0.25, 0.3) is 0 Å². The summed E-state index contributed by atoms with van der Waals surface area (Å²) in [6.07, 6.45) is -0.524.